The smallest absolute Gasteiger partial charge is 0.312 e. The number of carbonyl (C=O) groups excluding carboxylic acids is 1. The number of hydrogen-bond acceptors (Lipinski definition) is 2. The molecule has 5 atom stereocenters. The largest absolute Gasteiger partial charge is 0.459 e. The number of ether oxygens (including phenoxy) is 1. The highest BCUT2D eigenvalue weighted by Crippen LogP contribution is 2.63. The molecule has 3 aliphatic rings. The molecule has 3 aliphatic carbocycles. The molecule has 132 valence electrons. The minimum absolute atomic E-state index is 0.00180. The van der Waals surface area contributed by atoms with Gasteiger partial charge >= 0.3 is 5.97 Å². The van der Waals surface area contributed by atoms with E-state index in [1.54, 1.807) is 0 Å². The van der Waals surface area contributed by atoms with E-state index in [9.17, 15) is 4.79 Å². The second kappa shape index (κ2) is 5.77. The summed E-state index contributed by atoms with van der Waals surface area (Å²) in [6, 6.07) is 0. The molecule has 2 heteroatoms. The number of rotatable bonds is 5. The first-order chi connectivity index (χ1) is 10.6. The van der Waals surface area contributed by atoms with Crippen LogP contribution in [-0.2, 0) is 9.53 Å². The predicted molar refractivity (Wildman–Crippen MR) is 93.9 cm³/mol. The van der Waals surface area contributed by atoms with Gasteiger partial charge in [0.15, 0.2) is 0 Å². The first kappa shape index (κ1) is 17.3. The van der Waals surface area contributed by atoms with Gasteiger partial charge in [-0.2, -0.15) is 0 Å². The molecule has 0 aromatic heterocycles. The molecule has 2 nitrogen and oxygen atoms in total. The SMILES string of the molecule is CC(C)CC(C)(C)C(=O)OC(C)(C)C1CC2CC1C1CCCC21. The summed E-state index contributed by atoms with van der Waals surface area (Å²) in [6.45, 7) is 12.8. The van der Waals surface area contributed by atoms with Crippen molar-refractivity contribution in [2.24, 2.45) is 40.9 Å². The molecule has 2 bridgehead atoms. The van der Waals surface area contributed by atoms with Crippen LogP contribution in [0.2, 0.25) is 0 Å². The fraction of sp³-hybridized carbons (Fsp3) is 0.952. The molecule has 0 amide bonds. The average Bonchev–Trinajstić information content (AvgIpc) is 3.09. The quantitative estimate of drug-likeness (QED) is 0.629. The molecule has 0 N–H and O–H groups in total. The van der Waals surface area contributed by atoms with Gasteiger partial charge in [0, 0.05) is 5.92 Å². The van der Waals surface area contributed by atoms with Gasteiger partial charge in [-0.1, -0.05) is 20.3 Å². The molecule has 0 spiro atoms. The molecule has 3 fully saturated rings. The van der Waals surface area contributed by atoms with E-state index in [1.165, 1.54) is 32.1 Å². The normalized spacial score (nSPS) is 36.6. The molecule has 23 heavy (non-hydrogen) atoms. The van der Waals surface area contributed by atoms with Crippen LogP contribution in [0.1, 0.15) is 80.1 Å². The number of esters is 1. The van der Waals surface area contributed by atoms with Gasteiger partial charge in [0.1, 0.15) is 5.60 Å². The van der Waals surface area contributed by atoms with Crippen molar-refractivity contribution in [3.8, 4) is 0 Å². The minimum atomic E-state index is -0.376. The van der Waals surface area contributed by atoms with Crippen LogP contribution in [0.4, 0.5) is 0 Å². The molecule has 0 aromatic rings. The maximum absolute atomic E-state index is 12.8. The summed E-state index contributed by atoms with van der Waals surface area (Å²) in [5.41, 5.74) is -0.683. The summed E-state index contributed by atoms with van der Waals surface area (Å²) in [5, 5.41) is 0. The van der Waals surface area contributed by atoms with Crippen LogP contribution in [0.25, 0.3) is 0 Å². The molecule has 0 aliphatic heterocycles. The molecule has 3 rings (SSSR count). The number of hydrogen-bond donors (Lipinski definition) is 0. The monoisotopic (exact) mass is 320 g/mol. The van der Waals surface area contributed by atoms with Crippen molar-refractivity contribution in [2.45, 2.75) is 85.7 Å². The predicted octanol–water partition coefficient (Wildman–Crippen LogP) is 5.45. The number of fused-ring (bicyclic) bond motifs is 5. The van der Waals surface area contributed by atoms with Gasteiger partial charge in [0.2, 0.25) is 0 Å². The first-order valence-electron chi connectivity index (χ1n) is 9.85. The second-order valence-corrected chi connectivity index (χ2v) is 10.2. The summed E-state index contributed by atoms with van der Waals surface area (Å²) in [6.07, 6.45) is 7.89. The van der Waals surface area contributed by atoms with E-state index in [0.29, 0.717) is 11.8 Å². The molecule has 3 saturated carbocycles. The average molecular weight is 321 g/mol. The Morgan fingerprint density at radius 3 is 2.35 bits per heavy atom. The van der Waals surface area contributed by atoms with Gasteiger partial charge in [0.25, 0.3) is 0 Å². The summed E-state index contributed by atoms with van der Waals surface area (Å²) in [4.78, 5) is 12.8. The van der Waals surface area contributed by atoms with Crippen LogP contribution in [0.15, 0.2) is 0 Å². The summed E-state index contributed by atoms with van der Waals surface area (Å²) < 4.78 is 6.15. The third kappa shape index (κ3) is 3.07. The molecule has 0 aromatic carbocycles. The molecular weight excluding hydrogens is 284 g/mol. The maximum Gasteiger partial charge on any atom is 0.312 e. The van der Waals surface area contributed by atoms with Crippen molar-refractivity contribution in [1.29, 1.82) is 0 Å². The summed E-state index contributed by atoms with van der Waals surface area (Å²) in [7, 11) is 0. The Morgan fingerprint density at radius 2 is 1.70 bits per heavy atom. The van der Waals surface area contributed by atoms with E-state index in [2.05, 4.69) is 27.7 Å². The zero-order valence-corrected chi connectivity index (χ0v) is 16.0. The van der Waals surface area contributed by atoms with Crippen molar-refractivity contribution in [1.82, 2.24) is 0 Å². The third-order valence-electron chi connectivity index (χ3n) is 7.15. The minimum Gasteiger partial charge on any atom is -0.459 e. The molecule has 5 unspecified atom stereocenters. The molecular formula is C21H36O2. The third-order valence-corrected chi connectivity index (χ3v) is 7.15. The van der Waals surface area contributed by atoms with Gasteiger partial charge in [-0.05, 0) is 89.4 Å². The summed E-state index contributed by atoms with van der Waals surface area (Å²) in [5.74, 6) is 4.75. The van der Waals surface area contributed by atoms with Gasteiger partial charge in [-0.3, -0.25) is 4.79 Å². The van der Waals surface area contributed by atoms with Gasteiger partial charge < -0.3 is 4.74 Å². The lowest BCUT2D eigenvalue weighted by molar-refractivity contribution is -0.176. The zero-order valence-electron chi connectivity index (χ0n) is 16.0. The van der Waals surface area contributed by atoms with Crippen molar-refractivity contribution < 1.29 is 9.53 Å². The fourth-order valence-corrected chi connectivity index (χ4v) is 6.42. The Balaban J connectivity index is 1.67. The van der Waals surface area contributed by atoms with Gasteiger partial charge in [0.05, 0.1) is 5.41 Å². The van der Waals surface area contributed by atoms with E-state index < -0.39 is 0 Å². The second-order valence-electron chi connectivity index (χ2n) is 10.2. The van der Waals surface area contributed by atoms with Crippen LogP contribution in [0.5, 0.6) is 0 Å². The van der Waals surface area contributed by atoms with Crippen molar-refractivity contribution >= 4 is 5.97 Å². The lowest BCUT2D eigenvalue weighted by Crippen LogP contribution is -2.45. The topological polar surface area (TPSA) is 26.3 Å². The van der Waals surface area contributed by atoms with E-state index in [1.807, 2.05) is 13.8 Å². The van der Waals surface area contributed by atoms with Crippen molar-refractivity contribution in [3.05, 3.63) is 0 Å². The van der Waals surface area contributed by atoms with E-state index in [4.69, 9.17) is 4.74 Å². The van der Waals surface area contributed by atoms with Crippen LogP contribution in [0.3, 0.4) is 0 Å². The maximum atomic E-state index is 12.8. The fourth-order valence-electron chi connectivity index (χ4n) is 6.42. The Bertz CT molecular complexity index is 462. The van der Waals surface area contributed by atoms with Crippen molar-refractivity contribution in [2.75, 3.05) is 0 Å². The molecule has 0 radical (unpaired) electrons. The Labute approximate surface area is 142 Å². The van der Waals surface area contributed by atoms with E-state index in [0.717, 1.165) is 30.1 Å². The van der Waals surface area contributed by atoms with Gasteiger partial charge in [-0.15, -0.1) is 0 Å². The highest BCUT2D eigenvalue weighted by atomic mass is 16.6. The lowest BCUT2D eigenvalue weighted by Gasteiger charge is -2.42. The Hall–Kier alpha value is -0.530. The highest BCUT2D eigenvalue weighted by molar-refractivity contribution is 5.76. The van der Waals surface area contributed by atoms with Crippen LogP contribution in [-0.4, -0.2) is 11.6 Å². The first-order valence-corrected chi connectivity index (χ1v) is 9.85. The van der Waals surface area contributed by atoms with Crippen LogP contribution >= 0.6 is 0 Å². The van der Waals surface area contributed by atoms with Crippen LogP contribution < -0.4 is 0 Å². The highest BCUT2D eigenvalue weighted by Gasteiger charge is 2.58. The number of carbonyl (C=O) groups is 1. The van der Waals surface area contributed by atoms with Crippen molar-refractivity contribution in [3.63, 3.8) is 0 Å². The summed E-state index contributed by atoms with van der Waals surface area (Å²) >= 11 is 0. The lowest BCUT2D eigenvalue weighted by atomic mass is 9.70. The van der Waals surface area contributed by atoms with Crippen LogP contribution in [0, 0.1) is 40.9 Å². The Kier molecular flexibility index (Phi) is 4.34. The van der Waals surface area contributed by atoms with E-state index in [-0.39, 0.29) is 17.0 Å². The zero-order chi connectivity index (χ0) is 17.0. The standard InChI is InChI=1S/C21H36O2/c1-13(2)12-20(3,4)19(22)23-21(5,6)18-11-14-10-17(18)16-9-7-8-15(14)16/h13-18H,7-12H2,1-6H3. The van der Waals surface area contributed by atoms with Gasteiger partial charge in [-0.25, -0.2) is 0 Å². The van der Waals surface area contributed by atoms with E-state index >= 15 is 0 Å². The molecule has 0 saturated heterocycles. The Morgan fingerprint density at radius 1 is 1.04 bits per heavy atom. The molecule has 0 heterocycles.